The van der Waals surface area contributed by atoms with Crippen LogP contribution in [0.4, 0.5) is 0 Å². The highest BCUT2D eigenvalue weighted by molar-refractivity contribution is 8.14. The first-order chi connectivity index (χ1) is 10.7. The maximum absolute atomic E-state index is 6.75. The molecule has 3 nitrogen and oxygen atoms in total. The average molecular weight is 393 g/mol. The molecule has 0 bridgehead atoms. The molecule has 1 fully saturated rings. The zero-order valence-electron chi connectivity index (χ0n) is 18.0. The van der Waals surface area contributed by atoms with Gasteiger partial charge in [0.1, 0.15) is 11.3 Å². The van der Waals surface area contributed by atoms with Crippen LogP contribution in [0.3, 0.4) is 0 Å². The van der Waals surface area contributed by atoms with E-state index in [4.69, 9.17) is 16.5 Å². The van der Waals surface area contributed by atoms with Gasteiger partial charge in [0, 0.05) is 24.2 Å². The number of hydrogen-bond donors (Lipinski definition) is 0. The predicted octanol–water partition coefficient (Wildman–Crippen LogP) is 5.53. The van der Waals surface area contributed by atoms with Crippen molar-refractivity contribution < 1.29 is 4.74 Å². The largest absolute Gasteiger partial charge is 0.362 e. The normalized spacial score (nSPS) is 25.8. The van der Waals surface area contributed by atoms with E-state index < -0.39 is 14.4 Å². The molecular weight excluding hydrogens is 351 g/mol. The summed E-state index contributed by atoms with van der Waals surface area (Å²) in [6, 6.07) is 1.67. The number of epoxide rings is 1. The van der Waals surface area contributed by atoms with Crippen LogP contribution in [-0.2, 0) is 16.5 Å². The first kappa shape index (κ1) is 22.8. The molecule has 1 aliphatic heterocycles. The Balaban J connectivity index is 3.74. The van der Waals surface area contributed by atoms with Crippen LogP contribution in [0.5, 0.6) is 0 Å². The second-order valence-corrected chi connectivity index (χ2v) is 19.3. The third kappa shape index (κ3) is 3.46. The summed E-state index contributed by atoms with van der Waals surface area (Å²) in [5.41, 5.74) is 0. The van der Waals surface area contributed by atoms with Gasteiger partial charge in [0.15, 0.2) is 0 Å². The quantitative estimate of drug-likeness (QED) is 0.307. The first-order valence-corrected chi connectivity index (χ1v) is 15.7. The van der Waals surface area contributed by atoms with E-state index in [2.05, 4.69) is 91.3 Å². The molecule has 0 aromatic carbocycles. The lowest BCUT2D eigenvalue weighted by Crippen LogP contribution is -2.56. The van der Waals surface area contributed by atoms with Gasteiger partial charge >= 0.3 is 0 Å². The Kier molecular flexibility index (Phi) is 7.03. The molecule has 24 heavy (non-hydrogen) atoms. The molecule has 0 aromatic rings. The second-order valence-electron chi connectivity index (χ2n) is 9.39. The second kappa shape index (κ2) is 7.40. The Labute approximate surface area is 157 Å². The van der Waals surface area contributed by atoms with Crippen molar-refractivity contribution >= 4 is 26.2 Å². The molecule has 1 saturated heterocycles. The van der Waals surface area contributed by atoms with Crippen molar-refractivity contribution in [3.05, 3.63) is 0 Å². The fourth-order valence-corrected chi connectivity index (χ4v) is 20.1. The molecule has 0 spiro atoms. The minimum absolute atomic E-state index is 0.113. The lowest BCUT2D eigenvalue weighted by atomic mass is 10.3. The molecule has 0 aromatic heterocycles. The molecule has 0 aliphatic carbocycles. The molecule has 2 atom stereocenters. The zero-order valence-corrected chi connectivity index (χ0v) is 20.8. The summed E-state index contributed by atoms with van der Waals surface area (Å²) in [7, 11) is -1.64. The Hall–Kier alpha value is 0.747. The standard InChI is InChI=1S/C18H41N2OPSSi/c1-13(2)19(14(3)4)22(23,20(15(5)6)16(7)8)18(17(9)21-18)24(10,11)12/h13-17H,1-12H3. The van der Waals surface area contributed by atoms with Crippen molar-refractivity contribution in [1.29, 1.82) is 0 Å². The minimum Gasteiger partial charge on any atom is -0.362 e. The molecule has 1 heterocycles. The van der Waals surface area contributed by atoms with Crippen molar-refractivity contribution in [2.24, 2.45) is 0 Å². The van der Waals surface area contributed by atoms with E-state index in [0.717, 1.165) is 0 Å². The van der Waals surface area contributed by atoms with Crippen molar-refractivity contribution in [3.63, 3.8) is 0 Å². The Morgan fingerprint density at radius 3 is 1.21 bits per heavy atom. The third-order valence-electron chi connectivity index (χ3n) is 5.10. The molecule has 0 N–H and O–H groups in total. The van der Waals surface area contributed by atoms with Crippen molar-refractivity contribution in [2.45, 2.75) is 117 Å². The monoisotopic (exact) mass is 392 g/mol. The maximum Gasteiger partial charge on any atom is 0.135 e. The van der Waals surface area contributed by atoms with Gasteiger partial charge in [-0.1, -0.05) is 31.4 Å². The highest BCUT2D eigenvalue weighted by Crippen LogP contribution is 2.77. The summed E-state index contributed by atoms with van der Waals surface area (Å²) in [4.78, 5) is -0.113. The van der Waals surface area contributed by atoms with Crippen molar-refractivity contribution in [2.75, 3.05) is 0 Å². The molecule has 0 amide bonds. The molecule has 0 radical (unpaired) electrons. The maximum atomic E-state index is 6.75. The fraction of sp³-hybridized carbons (Fsp3) is 1.00. The number of rotatable bonds is 8. The lowest BCUT2D eigenvalue weighted by Gasteiger charge is -2.55. The number of hydrogen-bond acceptors (Lipinski definition) is 2. The van der Waals surface area contributed by atoms with Gasteiger partial charge in [0.05, 0.1) is 14.2 Å². The molecular formula is C18H41N2OPSSi. The van der Waals surface area contributed by atoms with E-state index >= 15 is 0 Å². The Bertz CT molecular complexity index is 450. The van der Waals surface area contributed by atoms with E-state index in [0.29, 0.717) is 24.2 Å². The first-order valence-electron chi connectivity index (χ1n) is 9.51. The Morgan fingerprint density at radius 1 is 0.833 bits per heavy atom. The number of ether oxygens (including phenoxy) is 1. The SMILES string of the molecule is CC(C)N(C(C)C)P(=S)(N(C(C)C)C(C)C)C1([Si](C)(C)C)OC1C. The fourth-order valence-electron chi connectivity index (χ4n) is 4.67. The van der Waals surface area contributed by atoms with Gasteiger partial charge in [0.2, 0.25) is 0 Å². The average Bonchev–Trinajstić information content (AvgIpc) is 2.99. The van der Waals surface area contributed by atoms with Gasteiger partial charge in [0.25, 0.3) is 0 Å². The minimum atomic E-state index is -2.09. The van der Waals surface area contributed by atoms with E-state index in [1.54, 1.807) is 0 Å². The summed E-state index contributed by atoms with van der Waals surface area (Å²) in [6.07, 6.45) is -1.82. The van der Waals surface area contributed by atoms with Gasteiger partial charge < -0.3 is 4.74 Å². The van der Waals surface area contributed by atoms with Gasteiger partial charge in [-0.15, -0.1) is 0 Å². The van der Waals surface area contributed by atoms with E-state index in [1.165, 1.54) is 0 Å². The van der Waals surface area contributed by atoms with Crippen LogP contribution >= 0.6 is 6.34 Å². The van der Waals surface area contributed by atoms with Gasteiger partial charge in [-0.2, -0.15) is 0 Å². The van der Waals surface area contributed by atoms with Crippen molar-refractivity contribution in [3.8, 4) is 0 Å². The van der Waals surface area contributed by atoms with E-state index in [9.17, 15) is 0 Å². The van der Waals surface area contributed by atoms with Crippen LogP contribution in [0.15, 0.2) is 0 Å². The van der Waals surface area contributed by atoms with Gasteiger partial charge in [-0.25, -0.2) is 0 Å². The van der Waals surface area contributed by atoms with Crippen LogP contribution in [0.25, 0.3) is 0 Å². The predicted molar refractivity (Wildman–Crippen MR) is 115 cm³/mol. The smallest absolute Gasteiger partial charge is 0.135 e. The topological polar surface area (TPSA) is 19.0 Å². The highest BCUT2D eigenvalue weighted by atomic mass is 32.4. The van der Waals surface area contributed by atoms with Crippen LogP contribution in [-0.4, -0.2) is 52.7 Å². The molecule has 2 unspecified atom stereocenters. The summed E-state index contributed by atoms with van der Waals surface area (Å²) in [5.74, 6) is 0. The van der Waals surface area contributed by atoms with Crippen LogP contribution in [0, 0.1) is 0 Å². The molecule has 1 rings (SSSR count). The van der Waals surface area contributed by atoms with Crippen LogP contribution < -0.4 is 0 Å². The summed E-state index contributed by atoms with van der Waals surface area (Å²) in [6.45, 7) is 27.9. The third-order valence-corrected chi connectivity index (χ3v) is 17.6. The molecule has 0 saturated carbocycles. The van der Waals surface area contributed by atoms with Gasteiger partial charge in [-0.05, 0) is 62.3 Å². The molecule has 6 heteroatoms. The number of nitrogens with zero attached hydrogens (tertiary/aromatic N) is 2. The van der Waals surface area contributed by atoms with Crippen LogP contribution in [0.2, 0.25) is 19.6 Å². The van der Waals surface area contributed by atoms with Crippen molar-refractivity contribution in [1.82, 2.24) is 9.34 Å². The van der Waals surface area contributed by atoms with Crippen LogP contribution in [0.1, 0.15) is 62.3 Å². The lowest BCUT2D eigenvalue weighted by molar-refractivity contribution is 0.242. The summed E-state index contributed by atoms with van der Waals surface area (Å²) >= 11 is 6.75. The molecule has 144 valence electrons. The highest BCUT2D eigenvalue weighted by Gasteiger charge is 2.73. The Morgan fingerprint density at radius 2 is 1.08 bits per heavy atom. The van der Waals surface area contributed by atoms with E-state index in [1.807, 2.05) is 0 Å². The zero-order chi connectivity index (χ0) is 19.2. The molecule has 1 aliphatic rings. The van der Waals surface area contributed by atoms with E-state index in [-0.39, 0.29) is 11.1 Å². The summed E-state index contributed by atoms with van der Waals surface area (Å²) in [5, 5.41) is 0. The summed E-state index contributed by atoms with van der Waals surface area (Å²) < 4.78 is 11.8. The van der Waals surface area contributed by atoms with Gasteiger partial charge in [-0.3, -0.25) is 9.34 Å².